The molecule has 0 spiro atoms. The van der Waals surface area contributed by atoms with E-state index < -0.39 is 0 Å². The average Bonchev–Trinajstić information content (AvgIpc) is 2.98. The molecule has 6 heteroatoms. The van der Waals surface area contributed by atoms with Gasteiger partial charge in [-0.05, 0) is 39.7 Å². The first kappa shape index (κ1) is 20.7. The van der Waals surface area contributed by atoms with Crippen LogP contribution in [0.3, 0.4) is 0 Å². The standard InChI is InChI=1S/C18H28N2O3.ClH/c1-18(2,3)20-17(21)13-23-16-9-5-4-7-14(16)11-19-12-15-8-6-10-22-15;/h4-5,7,9,15,19H,6,8,10-13H2,1-3H3,(H,20,21);1H. The zero-order chi connectivity index (χ0) is 16.7. The van der Waals surface area contributed by atoms with E-state index in [1.165, 1.54) is 0 Å². The summed E-state index contributed by atoms with van der Waals surface area (Å²) in [7, 11) is 0. The average molecular weight is 357 g/mol. The Hall–Kier alpha value is -1.30. The van der Waals surface area contributed by atoms with E-state index in [9.17, 15) is 4.79 Å². The molecule has 1 aliphatic heterocycles. The molecule has 24 heavy (non-hydrogen) atoms. The molecule has 0 saturated carbocycles. The van der Waals surface area contributed by atoms with Crippen LogP contribution in [-0.4, -0.2) is 37.3 Å². The Morgan fingerprint density at radius 1 is 1.33 bits per heavy atom. The van der Waals surface area contributed by atoms with Crippen molar-refractivity contribution in [1.82, 2.24) is 10.6 Å². The van der Waals surface area contributed by atoms with E-state index in [4.69, 9.17) is 9.47 Å². The molecule has 2 N–H and O–H groups in total. The van der Waals surface area contributed by atoms with E-state index in [0.717, 1.165) is 37.3 Å². The lowest BCUT2D eigenvalue weighted by molar-refractivity contribution is -0.124. The Bertz CT molecular complexity index is 511. The molecule has 0 aromatic heterocycles. The number of rotatable bonds is 7. The molecule has 136 valence electrons. The van der Waals surface area contributed by atoms with Gasteiger partial charge in [-0.3, -0.25) is 4.79 Å². The number of para-hydroxylation sites is 1. The maximum atomic E-state index is 11.9. The van der Waals surface area contributed by atoms with Crippen LogP contribution in [0.15, 0.2) is 24.3 Å². The molecule has 0 bridgehead atoms. The molecule has 1 atom stereocenters. The SMILES string of the molecule is CC(C)(C)NC(=O)COc1ccccc1CNCC1CCCO1.Cl. The number of halogens is 1. The van der Waals surface area contributed by atoms with Crippen LogP contribution in [0.1, 0.15) is 39.2 Å². The van der Waals surface area contributed by atoms with Crippen molar-refractivity contribution in [1.29, 1.82) is 0 Å². The number of amides is 1. The topological polar surface area (TPSA) is 59.6 Å². The minimum absolute atomic E-state index is 0. The summed E-state index contributed by atoms with van der Waals surface area (Å²) in [5.41, 5.74) is 0.803. The predicted octanol–water partition coefficient (Wildman–Crippen LogP) is 2.67. The van der Waals surface area contributed by atoms with Crippen molar-refractivity contribution < 1.29 is 14.3 Å². The molecule has 0 aliphatic carbocycles. The number of benzene rings is 1. The number of carbonyl (C=O) groups excluding carboxylic acids is 1. The fraction of sp³-hybridized carbons (Fsp3) is 0.611. The van der Waals surface area contributed by atoms with Crippen molar-refractivity contribution in [2.24, 2.45) is 0 Å². The lowest BCUT2D eigenvalue weighted by Crippen LogP contribution is -2.43. The Balaban J connectivity index is 0.00000288. The number of carbonyl (C=O) groups is 1. The summed E-state index contributed by atoms with van der Waals surface area (Å²) in [5, 5.41) is 6.30. The first-order valence-corrected chi connectivity index (χ1v) is 8.28. The van der Waals surface area contributed by atoms with Crippen LogP contribution in [0, 0.1) is 0 Å². The summed E-state index contributed by atoms with van der Waals surface area (Å²) < 4.78 is 11.3. The second-order valence-electron chi connectivity index (χ2n) is 6.96. The lowest BCUT2D eigenvalue weighted by atomic mass is 10.1. The van der Waals surface area contributed by atoms with Gasteiger partial charge in [0.05, 0.1) is 6.10 Å². The quantitative estimate of drug-likeness (QED) is 0.788. The summed E-state index contributed by atoms with van der Waals surface area (Å²) in [6, 6.07) is 7.80. The van der Waals surface area contributed by atoms with Crippen LogP contribution in [-0.2, 0) is 16.1 Å². The van der Waals surface area contributed by atoms with E-state index in [0.29, 0.717) is 12.6 Å². The Labute approximate surface area is 150 Å². The van der Waals surface area contributed by atoms with Crippen LogP contribution in [0.5, 0.6) is 5.75 Å². The molecule has 1 heterocycles. The molecule has 1 saturated heterocycles. The van der Waals surface area contributed by atoms with E-state index in [-0.39, 0.29) is 30.5 Å². The summed E-state index contributed by atoms with van der Waals surface area (Å²) >= 11 is 0. The molecular formula is C18H29ClN2O3. The van der Waals surface area contributed by atoms with Crippen molar-refractivity contribution in [3.8, 4) is 5.75 Å². The van der Waals surface area contributed by atoms with Crippen molar-refractivity contribution in [2.75, 3.05) is 19.8 Å². The molecule has 0 radical (unpaired) electrons. The Morgan fingerprint density at radius 3 is 2.75 bits per heavy atom. The predicted molar refractivity (Wildman–Crippen MR) is 97.8 cm³/mol. The fourth-order valence-electron chi connectivity index (χ4n) is 2.56. The highest BCUT2D eigenvalue weighted by atomic mass is 35.5. The monoisotopic (exact) mass is 356 g/mol. The van der Waals surface area contributed by atoms with Gasteiger partial charge in [-0.25, -0.2) is 0 Å². The van der Waals surface area contributed by atoms with Crippen molar-refractivity contribution in [3.63, 3.8) is 0 Å². The van der Waals surface area contributed by atoms with Gasteiger partial charge in [0.2, 0.25) is 0 Å². The van der Waals surface area contributed by atoms with E-state index >= 15 is 0 Å². The third-order valence-electron chi connectivity index (χ3n) is 3.56. The third-order valence-corrected chi connectivity index (χ3v) is 3.56. The molecule has 2 rings (SSSR count). The van der Waals surface area contributed by atoms with Crippen LogP contribution >= 0.6 is 12.4 Å². The normalized spacial score (nSPS) is 17.2. The molecule has 1 aromatic carbocycles. The van der Waals surface area contributed by atoms with Crippen LogP contribution in [0.25, 0.3) is 0 Å². The van der Waals surface area contributed by atoms with Crippen LogP contribution < -0.4 is 15.4 Å². The summed E-state index contributed by atoms with van der Waals surface area (Å²) in [5.74, 6) is 0.635. The van der Waals surface area contributed by atoms with Gasteiger partial charge in [0.1, 0.15) is 5.75 Å². The molecule has 1 fully saturated rings. The highest BCUT2D eigenvalue weighted by Gasteiger charge is 2.16. The van der Waals surface area contributed by atoms with Gasteiger partial charge >= 0.3 is 0 Å². The second-order valence-corrected chi connectivity index (χ2v) is 6.96. The molecular weight excluding hydrogens is 328 g/mol. The summed E-state index contributed by atoms with van der Waals surface area (Å²) in [6.07, 6.45) is 2.59. The van der Waals surface area contributed by atoms with Crippen LogP contribution in [0.2, 0.25) is 0 Å². The van der Waals surface area contributed by atoms with Crippen molar-refractivity contribution in [2.45, 2.75) is 51.8 Å². The van der Waals surface area contributed by atoms with E-state index in [1.54, 1.807) is 0 Å². The second kappa shape index (κ2) is 9.87. The molecule has 1 aromatic rings. The van der Waals surface area contributed by atoms with Gasteiger partial charge in [0, 0.05) is 30.8 Å². The van der Waals surface area contributed by atoms with Crippen molar-refractivity contribution in [3.05, 3.63) is 29.8 Å². The van der Waals surface area contributed by atoms with Gasteiger partial charge in [-0.1, -0.05) is 18.2 Å². The van der Waals surface area contributed by atoms with Gasteiger partial charge in [-0.15, -0.1) is 12.4 Å². The molecule has 1 aliphatic rings. The smallest absolute Gasteiger partial charge is 0.258 e. The zero-order valence-corrected chi connectivity index (χ0v) is 15.6. The number of hydrogen-bond acceptors (Lipinski definition) is 4. The maximum absolute atomic E-state index is 11.9. The van der Waals surface area contributed by atoms with E-state index in [1.807, 2.05) is 45.0 Å². The molecule has 5 nitrogen and oxygen atoms in total. The first-order chi connectivity index (χ1) is 10.9. The maximum Gasteiger partial charge on any atom is 0.258 e. The molecule has 1 unspecified atom stereocenters. The Morgan fingerprint density at radius 2 is 2.08 bits per heavy atom. The third kappa shape index (κ3) is 7.51. The lowest BCUT2D eigenvalue weighted by Gasteiger charge is -2.21. The number of hydrogen-bond donors (Lipinski definition) is 2. The van der Waals surface area contributed by atoms with E-state index in [2.05, 4.69) is 10.6 Å². The minimum atomic E-state index is -0.247. The highest BCUT2D eigenvalue weighted by Crippen LogP contribution is 2.18. The van der Waals surface area contributed by atoms with Gasteiger partial charge in [-0.2, -0.15) is 0 Å². The Kier molecular flexibility index (Phi) is 8.53. The van der Waals surface area contributed by atoms with Crippen molar-refractivity contribution >= 4 is 18.3 Å². The van der Waals surface area contributed by atoms with Gasteiger partial charge in [0.15, 0.2) is 6.61 Å². The highest BCUT2D eigenvalue weighted by molar-refractivity contribution is 5.85. The summed E-state index contributed by atoms with van der Waals surface area (Å²) in [6.45, 7) is 8.31. The summed E-state index contributed by atoms with van der Waals surface area (Å²) in [4.78, 5) is 11.9. The fourth-order valence-corrected chi connectivity index (χ4v) is 2.56. The number of ether oxygens (including phenoxy) is 2. The number of nitrogens with one attached hydrogen (secondary N) is 2. The minimum Gasteiger partial charge on any atom is -0.483 e. The first-order valence-electron chi connectivity index (χ1n) is 8.28. The van der Waals surface area contributed by atoms with Crippen LogP contribution in [0.4, 0.5) is 0 Å². The zero-order valence-electron chi connectivity index (χ0n) is 14.8. The van der Waals surface area contributed by atoms with Gasteiger partial charge in [0.25, 0.3) is 5.91 Å². The largest absolute Gasteiger partial charge is 0.483 e. The molecule has 1 amide bonds. The van der Waals surface area contributed by atoms with Gasteiger partial charge < -0.3 is 20.1 Å².